The minimum atomic E-state index is 0.918. The predicted octanol–water partition coefficient (Wildman–Crippen LogP) is 5.21. The van der Waals surface area contributed by atoms with Gasteiger partial charge in [0.15, 0.2) is 0 Å². The van der Waals surface area contributed by atoms with E-state index < -0.39 is 0 Å². The average molecular weight is 295 g/mol. The monoisotopic (exact) mass is 294 g/mol. The average Bonchev–Trinajstić information content (AvgIpc) is 2.90. The molecule has 1 saturated carbocycles. The molecule has 1 aromatic rings. The lowest BCUT2D eigenvalue weighted by Crippen LogP contribution is -2.13. The third kappa shape index (κ3) is 4.13. The number of hydrogen-bond acceptors (Lipinski definition) is 0. The van der Waals surface area contributed by atoms with E-state index in [1.807, 2.05) is 0 Å². The molecule has 17 heavy (non-hydrogen) atoms. The molecule has 0 saturated heterocycles. The Kier molecular flexibility index (Phi) is 5.57. The summed E-state index contributed by atoms with van der Waals surface area (Å²) in [7, 11) is 0. The Hall–Kier alpha value is -0.300. The van der Waals surface area contributed by atoms with Gasteiger partial charge in [0.2, 0.25) is 0 Å². The van der Waals surface area contributed by atoms with Crippen molar-refractivity contribution in [2.45, 2.75) is 44.9 Å². The molecular formula is C16H23Br. The molecule has 2 rings (SSSR count). The van der Waals surface area contributed by atoms with Crippen LogP contribution in [0.3, 0.4) is 0 Å². The predicted molar refractivity (Wildman–Crippen MR) is 78.6 cm³/mol. The van der Waals surface area contributed by atoms with Gasteiger partial charge >= 0.3 is 0 Å². The van der Waals surface area contributed by atoms with Crippen LogP contribution in [0.5, 0.6) is 0 Å². The molecule has 0 radical (unpaired) electrons. The van der Waals surface area contributed by atoms with E-state index in [-0.39, 0.29) is 0 Å². The lowest BCUT2D eigenvalue weighted by Gasteiger charge is -2.21. The first kappa shape index (κ1) is 13.1. The standard InChI is InChI=1S/C16H23Br/c17-13-16(15-10-4-5-11-15)12-6-9-14-7-2-1-3-8-14/h1-3,7-8,15-16H,4-6,9-13H2. The summed E-state index contributed by atoms with van der Waals surface area (Å²) >= 11 is 3.71. The van der Waals surface area contributed by atoms with Gasteiger partial charge in [0.05, 0.1) is 0 Å². The van der Waals surface area contributed by atoms with Crippen molar-refractivity contribution in [2.24, 2.45) is 11.8 Å². The van der Waals surface area contributed by atoms with Crippen molar-refractivity contribution in [3.63, 3.8) is 0 Å². The van der Waals surface area contributed by atoms with Crippen molar-refractivity contribution in [1.29, 1.82) is 0 Å². The van der Waals surface area contributed by atoms with Gasteiger partial charge in [-0.2, -0.15) is 0 Å². The number of rotatable bonds is 6. The molecule has 0 bridgehead atoms. The summed E-state index contributed by atoms with van der Waals surface area (Å²) in [6, 6.07) is 10.9. The molecule has 0 amide bonds. The van der Waals surface area contributed by atoms with Gasteiger partial charge in [-0.1, -0.05) is 71.9 Å². The van der Waals surface area contributed by atoms with E-state index in [1.165, 1.54) is 55.8 Å². The van der Waals surface area contributed by atoms with Crippen molar-refractivity contribution in [3.05, 3.63) is 35.9 Å². The molecule has 1 aliphatic carbocycles. The zero-order chi connectivity index (χ0) is 11.9. The molecule has 94 valence electrons. The van der Waals surface area contributed by atoms with Crippen molar-refractivity contribution in [3.8, 4) is 0 Å². The lowest BCUT2D eigenvalue weighted by molar-refractivity contribution is 0.346. The molecular weight excluding hydrogens is 272 g/mol. The van der Waals surface area contributed by atoms with E-state index in [9.17, 15) is 0 Å². The SMILES string of the molecule is BrCC(CCCc1ccccc1)C1CCCC1. The molecule has 0 aromatic heterocycles. The molecule has 0 heterocycles. The second-order valence-corrected chi connectivity index (χ2v) is 5.98. The fourth-order valence-corrected chi connectivity index (χ4v) is 3.93. The second kappa shape index (κ2) is 7.20. The number of benzene rings is 1. The molecule has 1 fully saturated rings. The fourth-order valence-electron chi connectivity index (χ4n) is 3.08. The fraction of sp³-hybridized carbons (Fsp3) is 0.625. The van der Waals surface area contributed by atoms with Crippen molar-refractivity contribution < 1.29 is 0 Å². The van der Waals surface area contributed by atoms with Crippen LogP contribution in [0.25, 0.3) is 0 Å². The normalized spacial score (nSPS) is 18.4. The zero-order valence-electron chi connectivity index (χ0n) is 10.6. The molecule has 1 aliphatic rings. The minimum absolute atomic E-state index is 0.918. The number of hydrogen-bond donors (Lipinski definition) is 0. The van der Waals surface area contributed by atoms with Gasteiger partial charge in [-0.15, -0.1) is 0 Å². The second-order valence-electron chi connectivity index (χ2n) is 5.34. The first-order chi connectivity index (χ1) is 8.40. The van der Waals surface area contributed by atoms with Crippen LogP contribution in [0, 0.1) is 11.8 Å². The molecule has 0 aliphatic heterocycles. The van der Waals surface area contributed by atoms with Gasteiger partial charge in [0, 0.05) is 5.33 Å². The van der Waals surface area contributed by atoms with E-state index in [0.717, 1.165) is 11.8 Å². The van der Waals surface area contributed by atoms with E-state index in [2.05, 4.69) is 46.3 Å². The van der Waals surface area contributed by atoms with Crippen LogP contribution in [0.15, 0.2) is 30.3 Å². The van der Waals surface area contributed by atoms with Gasteiger partial charge in [0.1, 0.15) is 0 Å². The van der Waals surface area contributed by atoms with E-state index in [4.69, 9.17) is 0 Å². The smallest absolute Gasteiger partial charge is 0.00623 e. The maximum atomic E-state index is 3.71. The first-order valence-electron chi connectivity index (χ1n) is 7.00. The van der Waals surface area contributed by atoms with Crippen LogP contribution >= 0.6 is 15.9 Å². The summed E-state index contributed by atoms with van der Waals surface area (Å²) < 4.78 is 0. The molecule has 1 aromatic carbocycles. The Morgan fingerprint density at radius 1 is 1.12 bits per heavy atom. The highest BCUT2D eigenvalue weighted by Gasteiger charge is 2.23. The van der Waals surface area contributed by atoms with Crippen molar-refractivity contribution in [1.82, 2.24) is 0 Å². The van der Waals surface area contributed by atoms with Gasteiger partial charge in [0.25, 0.3) is 0 Å². The summed E-state index contributed by atoms with van der Waals surface area (Å²) in [5.74, 6) is 1.92. The zero-order valence-corrected chi connectivity index (χ0v) is 12.2. The lowest BCUT2D eigenvalue weighted by atomic mass is 9.88. The van der Waals surface area contributed by atoms with Gasteiger partial charge in [-0.25, -0.2) is 0 Å². The van der Waals surface area contributed by atoms with Crippen LogP contribution in [-0.4, -0.2) is 5.33 Å². The van der Waals surface area contributed by atoms with E-state index in [1.54, 1.807) is 0 Å². The van der Waals surface area contributed by atoms with Crippen LogP contribution in [0.2, 0.25) is 0 Å². The van der Waals surface area contributed by atoms with Gasteiger partial charge in [-0.05, 0) is 36.7 Å². The number of aryl methyl sites for hydroxylation is 1. The third-order valence-electron chi connectivity index (χ3n) is 4.15. The Balaban J connectivity index is 1.72. The van der Waals surface area contributed by atoms with Crippen LogP contribution < -0.4 is 0 Å². The minimum Gasteiger partial charge on any atom is -0.0925 e. The van der Waals surface area contributed by atoms with Crippen LogP contribution in [0.4, 0.5) is 0 Å². The largest absolute Gasteiger partial charge is 0.0925 e. The topological polar surface area (TPSA) is 0 Å². The van der Waals surface area contributed by atoms with Crippen LogP contribution in [-0.2, 0) is 6.42 Å². The quantitative estimate of drug-likeness (QED) is 0.632. The summed E-state index contributed by atoms with van der Waals surface area (Å²) in [5, 5.41) is 1.20. The maximum Gasteiger partial charge on any atom is 0.00623 e. The van der Waals surface area contributed by atoms with Crippen molar-refractivity contribution >= 4 is 15.9 Å². The summed E-state index contributed by atoms with van der Waals surface area (Å²) in [5.41, 5.74) is 1.49. The van der Waals surface area contributed by atoms with Gasteiger partial charge < -0.3 is 0 Å². The summed E-state index contributed by atoms with van der Waals surface area (Å²) in [6.45, 7) is 0. The van der Waals surface area contributed by atoms with Crippen molar-refractivity contribution in [2.75, 3.05) is 5.33 Å². The highest BCUT2D eigenvalue weighted by atomic mass is 79.9. The highest BCUT2D eigenvalue weighted by Crippen LogP contribution is 2.34. The Morgan fingerprint density at radius 2 is 1.82 bits per heavy atom. The van der Waals surface area contributed by atoms with E-state index in [0.29, 0.717) is 0 Å². The Bertz CT molecular complexity index is 301. The maximum absolute atomic E-state index is 3.71. The highest BCUT2D eigenvalue weighted by molar-refractivity contribution is 9.09. The summed E-state index contributed by atoms with van der Waals surface area (Å²) in [6.07, 6.45) is 9.86. The van der Waals surface area contributed by atoms with Crippen LogP contribution in [0.1, 0.15) is 44.1 Å². The molecule has 1 unspecified atom stereocenters. The molecule has 0 spiro atoms. The molecule has 0 N–H and O–H groups in total. The first-order valence-corrected chi connectivity index (χ1v) is 8.12. The van der Waals surface area contributed by atoms with E-state index >= 15 is 0 Å². The van der Waals surface area contributed by atoms with Gasteiger partial charge in [-0.3, -0.25) is 0 Å². The molecule has 0 nitrogen and oxygen atoms in total. The number of halogens is 1. The Labute approximate surface area is 114 Å². The molecule has 1 atom stereocenters. The molecule has 1 heteroatoms. The Morgan fingerprint density at radius 3 is 2.47 bits per heavy atom. The third-order valence-corrected chi connectivity index (χ3v) is 4.98. The summed E-state index contributed by atoms with van der Waals surface area (Å²) in [4.78, 5) is 0. The number of alkyl halides is 1.